The number of nitrogens with one attached hydrogen (secondary N) is 2. The van der Waals surface area contributed by atoms with Crippen LogP contribution in [-0.2, 0) is 0 Å². The molecule has 0 fully saturated rings. The van der Waals surface area contributed by atoms with Gasteiger partial charge in [0.1, 0.15) is 11.6 Å². The molecule has 2 N–H and O–H groups in total. The van der Waals surface area contributed by atoms with E-state index in [0.717, 1.165) is 17.7 Å². The van der Waals surface area contributed by atoms with Gasteiger partial charge in [-0.05, 0) is 42.8 Å². The van der Waals surface area contributed by atoms with Crippen LogP contribution in [0.4, 0.5) is 25.8 Å². The number of nitrogens with zero attached hydrogens (tertiary/aromatic N) is 1. The molecular weight excluding hydrogens is 324 g/mol. The Morgan fingerprint density at radius 1 is 1.00 bits per heavy atom. The van der Waals surface area contributed by atoms with Crippen molar-refractivity contribution in [1.29, 1.82) is 0 Å². The third-order valence-electron chi connectivity index (χ3n) is 3.49. The molecule has 2 aromatic carbocycles. The molecule has 4 nitrogen and oxygen atoms in total. The number of anilines is 3. The van der Waals surface area contributed by atoms with Gasteiger partial charge in [0.2, 0.25) is 0 Å². The molecule has 0 unspecified atom stereocenters. The van der Waals surface area contributed by atoms with Crippen molar-refractivity contribution in [3.05, 3.63) is 83.7 Å². The number of hydrogen-bond acceptors (Lipinski definition) is 3. The summed E-state index contributed by atoms with van der Waals surface area (Å²) in [7, 11) is 0. The highest BCUT2D eigenvalue weighted by Crippen LogP contribution is 2.21. The predicted molar refractivity (Wildman–Crippen MR) is 93.0 cm³/mol. The van der Waals surface area contributed by atoms with Gasteiger partial charge in [-0.2, -0.15) is 0 Å². The van der Waals surface area contributed by atoms with Crippen molar-refractivity contribution >= 4 is 23.0 Å². The number of halogens is 2. The fraction of sp³-hybridized carbons (Fsp3) is 0.0526. The number of carbonyl (C=O) groups is 1. The number of amides is 1. The molecule has 1 aromatic heterocycles. The number of hydrogen-bond donors (Lipinski definition) is 2. The highest BCUT2D eigenvalue weighted by Gasteiger charge is 2.09. The summed E-state index contributed by atoms with van der Waals surface area (Å²) in [5, 5.41) is 5.56. The average molecular weight is 339 g/mol. The van der Waals surface area contributed by atoms with E-state index < -0.39 is 11.6 Å². The number of aromatic nitrogens is 1. The molecule has 1 heterocycles. The molecule has 0 saturated heterocycles. The number of benzene rings is 2. The Bertz CT molecular complexity index is 928. The number of rotatable bonds is 4. The molecule has 0 atom stereocenters. The summed E-state index contributed by atoms with van der Waals surface area (Å²) in [5.41, 5.74) is 2.53. The van der Waals surface area contributed by atoms with Gasteiger partial charge in [-0.25, -0.2) is 8.78 Å². The van der Waals surface area contributed by atoms with Crippen molar-refractivity contribution in [2.45, 2.75) is 6.92 Å². The van der Waals surface area contributed by atoms with Crippen LogP contribution in [-0.4, -0.2) is 10.9 Å². The number of carbonyl (C=O) groups excluding carboxylic acids is 1. The highest BCUT2D eigenvalue weighted by molar-refractivity contribution is 6.04. The molecule has 0 aliphatic rings. The van der Waals surface area contributed by atoms with E-state index in [-0.39, 0.29) is 11.6 Å². The van der Waals surface area contributed by atoms with Gasteiger partial charge < -0.3 is 10.6 Å². The van der Waals surface area contributed by atoms with Crippen molar-refractivity contribution < 1.29 is 13.6 Å². The van der Waals surface area contributed by atoms with Gasteiger partial charge in [0, 0.05) is 18.0 Å². The minimum atomic E-state index is -0.727. The molecule has 1 amide bonds. The zero-order chi connectivity index (χ0) is 17.8. The normalized spacial score (nSPS) is 10.4. The lowest BCUT2D eigenvalue weighted by molar-refractivity contribution is 0.102. The molecular formula is C19H15F2N3O. The van der Waals surface area contributed by atoms with Crippen molar-refractivity contribution in [2.75, 3.05) is 10.6 Å². The zero-order valence-electron chi connectivity index (χ0n) is 13.4. The SMILES string of the molecule is Cc1cccc(NC(=O)c2cncc(Nc3ccc(F)cc3F)c2)c1. The summed E-state index contributed by atoms with van der Waals surface area (Å²) >= 11 is 0. The van der Waals surface area contributed by atoms with Crippen molar-refractivity contribution in [3.8, 4) is 0 Å². The summed E-state index contributed by atoms with van der Waals surface area (Å²) < 4.78 is 26.7. The maximum atomic E-state index is 13.7. The first-order valence-corrected chi connectivity index (χ1v) is 7.56. The maximum absolute atomic E-state index is 13.7. The van der Waals surface area contributed by atoms with E-state index in [1.54, 1.807) is 12.1 Å². The topological polar surface area (TPSA) is 54.0 Å². The zero-order valence-corrected chi connectivity index (χ0v) is 13.4. The molecule has 25 heavy (non-hydrogen) atoms. The van der Waals surface area contributed by atoms with Gasteiger partial charge in [-0.1, -0.05) is 12.1 Å². The fourth-order valence-electron chi connectivity index (χ4n) is 2.30. The third-order valence-corrected chi connectivity index (χ3v) is 3.49. The van der Waals surface area contributed by atoms with E-state index in [9.17, 15) is 13.6 Å². The van der Waals surface area contributed by atoms with Crippen LogP contribution < -0.4 is 10.6 Å². The molecule has 0 aliphatic carbocycles. The second kappa shape index (κ2) is 7.09. The molecule has 6 heteroatoms. The van der Waals surface area contributed by atoms with Crippen molar-refractivity contribution in [1.82, 2.24) is 4.98 Å². The Kier molecular flexibility index (Phi) is 4.70. The van der Waals surface area contributed by atoms with E-state index in [1.165, 1.54) is 18.5 Å². The summed E-state index contributed by atoms with van der Waals surface area (Å²) in [5.74, 6) is -1.72. The van der Waals surface area contributed by atoms with Crippen LogP contribution in [0.15, 0.2) is 60.9 Å². The summed E-state index contributed by atoms with van der Waals surface area (Å²) in [6, 6.07) is 12.2. The second-order valence-electron chi connectivity index (χ2n) is 5.54. The number of aryl methyl sites for hydroxylation is 1. The largest absolute Gasteiger partial charge is 0.352 e. The minimum Gasteiger partial charge on any atom is -0.352 e. The van der Waals surface area contributed by atoms with E-state index >= 15 is 0 Å². The van der Waals surface area contributed by atoms with Crippen LogP contribution in [0.5, 0.6) is 0 Å². The molecule has 0 radical (unpaired) electrons. The van der Waals surface area contributed by atoms with E-state index in [4.69, 9.17) is 0 Å². The quantitative estimate of drug-likeness (QED) is 0.727. The van der Waals surface area contributed by atoms with E-state index in [2.05, 4.69) is 15.6 Å². The number of pyridine rings is 1. The third kappa shape index (κ3) is 4.17. The molecule has 0 spiro atoms. The predicted octanol–water partition coefficient (Wildman–Crippen LogP) is 4.66. The lowest BCUT2D eigenvalue weighted by atomic mass is 10.2. The molecule has 0 saturated carbocycles. The summed E-state index contributed by atoms with van der Waals surface area (Å²) in [6.45, 7) is 1.93. The van der Waals surface area contributed by atoms with Gasteiger partial charge in [-0.15, -0.1) is 0 Å². The second-order valence-corrected chi connectivity index (χ2v) is 5.54. The van der Waals surface area contributed by atoms with Crippen molar-refractivity contribution in [2.24, 2.45) is 0 Å². The van der Waals surface area contributed by atoms with Crippen LogP contribution in [0.3, 0.4) is 0 Å². The monoisotopic (exact) mass is 339 g/mol. The lowest BCUT2D eigenvalue weighted by Gasteiger charge is -2.10. The molecule has 3 aromatic rings. The average Bonchev–Trinajstić information content (AvgIpc) is 2.58. The van der Waals surface area contributed by atoms with Crippen molar-refractivity contribution in [3.63, 3.8) is 0 Å². The summed E-state index contributed by atoms with van der Waals surface area (Å²) in [4.78, 5) is 16.3. The Morgan fingerprint density at radius 2 is 1.84 bits per heavy atom. The van der Waals surface area contributed by atoms with Gasteiger partial charge >= 0.3 is 0 Å². The lowest BCUT2D eigenvalue weighted by Crippen LogP contribution is -2.12. The first kappa shape index (κ1) is 16.6. The highest BCUT2D eigenvalue weighted by atomic mass is 19.1. The van der Waals surface area contributed by atoms with Crippen LogP contribution in [0.2, 0.25) is 0 Å². The van der Waals surface area contributed by atoms with Crippen LogP contribution in [0, 0.1) is 18.6 Å². The summed E-state index contributed by atoms with van der Waals surface area (Å²) in [6.07, 6.45) is 2.86. The minimum absolute atomic E-state index is 0.0967. The van der Waals surface area contributed by atoms with Crippen LogP contribution in [0.1, 0.15) is 15.9 Å². The fourth-order valence-corrected chi connectivity index (χ4v) is 2.30. The van der Waals surface area contributed by atoms with E-state index in [0.29, 0.717) is 16.9 Å². The van der Waals surface area contributed by atoms with Gasteiger partial charge in [0.05, 0.1) is 23.1 Å². The molecule has 0 bridgehead atoms. The van der Waals surface area contributed by atoms with Crippen LogP contribution in [0.25, 0.3) is 0 Å². The maximum Gasteiger partial charge on any atom is 0.257 e. The van der Waals surface area contributed by atoms with E-state index in [1.807, 2.05) is 25.1 Å². The molecule has 126 valence electrons. The molecule has 0 aliphatic heterocycles. The Morgan fingerprint density at radius 3 is 2.60 bits per heavy atom. The standard InChI is InChI=1S/C19H15F2N3O/c1-12-3-2-4-15(7-12)24-19(25)13-8-16(11-22-10-13)23-18-6-5-14(20)9-17(18)21/h2-11,23H,1H3,(H,24,25). The molecule has 3 rings (SSSR count). The smallest absolute Gasteiger partial charge is 0.257 e. The van der Waals surface area contributed by atoms with Crippen LogP contribution >= 0.6 is 0 Å². The first-order chi connectivity index (χ1) is 12.0. The first-order valence-electron chi connectivity index (χ1n) is 7.56. The Hall–Kier alpha value is -3.28. The van der Waals surface area contributed by atoms with Gasteiger partial charge in [-0.3, -0.25) is 9.78 Å². The Labute approximate surface area is 143 Å². The Balaban J connectivity index is 1.77. The van der Waals surface area contributed by atoms with Gasteiger partial charge in [0.25, 0.3) is 5.91 Å². The van der Waals surface area contributed by atoms with Gasteiger partial charge in [0.15, 0.2) is 0 Å².